The molecule has 1 aliphatic carbocycles. The minimum Gasteiger partial charge on any atom is -0.393 e. The van der Waals surface area contributed by atoms with Crippen LogP contribution in [0.3, 0.4) is 0 Å². The summed E-state index contributed by atoms with van der Waals surface area (Å²) in [6, 6.07) is 9.30. The van der Waals surface area contributed by atoms with Gasteiger partial charge in [-0.05, 0) is 43.2 Å². The average molecular weight is 261 g/mol. The van der Waals surface area contributed by atoms with Crippen LogP contribution in [0.4, 0.5) is 0 Å². The predicted octanol–water partition coefficient (Wildman–Crippen LogP) is 3.45. The van der Waals surface area contributed by atoms with Crippen LogP contribution in [0.2, 0.25) is 0 Å². The molecule has 0 spiro atoms. The Morgan fingerprint density at radius 3 is 2.58 bits per heavy atom. The first-order chi connectivity index (χ1) is 9.20. The Morgan fingerprint density at radius 1 is 1.26 bits per heavy atom. The highest BCUT2D eigenvalue weighted by atomic mass is 16.3. The van der Waals surface area contributed by atoms with Crippen molar-refractivity contribution in [1.29, 1.82) is 0 Å². The number of hydrogen-bond donors (Lipinski definition) is 2. The second-order valence-corrected chi connectivity index (χ2v) is 5.88. The van der Waals surface area contributed by atoms with Crippen molar-refractivity contribution in [2.75, 3.05) is 6.54 Å². The molecular formula is C17H27NO. The van der Waals surface area contributed by atoms with Gasteiger partial charge in [-0.1, -0.05) is 44.0 Å². The normalized spacial score (nSPS) is 24.6. The van der Waals surface area contributed by atoms with E-state index >= 15 is 0 Å². The molecule has 1 aromatic rings. The van der Waals surface area contributed by atoms with Crippen molar-refractivity contribution in [2.24, 2.45) is 5.92 Å². The zero-order valence-electron chi connectivity index (χ0n) is 12.2. The summed E-state index contributed by atoms with van der Waals surface area (Å²) in [7, 11) is 0. The van der Waals surface area contributed by atoms with E-state index < -0.39 is 0 Å². The van der Waals surface area contributed by atoms with E-state index in [2.05, 4.69) is 43.4 Å². The first-order valence-corrected chi connectivity index (χ1v) is 7.71. The molecule has 1 aliphatic rings. The van der Waals surface area contributed by atoms with Crippen molar-refractivity contribution in [1.82, 2.24) is 5.32 Å². The van der Waals surface area contributed by atoms with Gasteiger partial charge in [0.2, 0.25) is 0 Å². The van der Waals surface area contributed by atoms with Gasteiger partial charge in [-0.3, -0.25) is 0 Å². The maximum atomic E-state index is 9.83. The molecule has 0 heterocycles. The topological polar surface area (TPSA) is 32.3 Å². The summed E-state index contributed by atoms with van der Waals surface area (Å²) >= 11 is 0. The van der Waals surface area contributed by atoms with Crippen LogP contribution in [0, 0.1) is 5.92 Å². The molecule has 0 aromatic heterocycles. The third-order valence-electron chi connectivity index (χ3n) is 4.32. The quantitative estimate of drug-likeness (QED) is 0.822. The second kappa shape index (κ2) is 7.06. The third kappa shape index (κ3) is 4.05. The summed E-state index contributed by atoms with van der Waals surface area (Å²) in [6.07, 6.45) is 5.59. The molecule has 0 aliphatic heterocycles. The van der Waals surface area contributed by atoms with Crippen molar-refractivity contribution in [3.63, 3.8) is 0 Å². The van der Waals surface area contributed by atoms with Gasteiger partial charge in [0.05, 0.1) is 6.10 Å². The van der Waals surface area contributed by atoms with Crippen LogP contribution in [0.25, 0.3) is 0 Å². The van der Waals surface area contributed by atoms with Crippen molar-refractivity contribution >= 4 is 0 Å². The zero-order valence-corrected chi connectivity index (χ0v) is 12.2. The van der Waals surface area contributed by atoms with E-state index in [4.69, 9.17) is 0 Å². The maximum Gasteiger partial charge on any atom is 0.0580 e. The third-order valence-corrected chi connectivity index (χ3v) is 4.32. The summed E-state index contributed by atoms with van der Waals surface area (Å²) in [5, 5.41) is 13.4. The number of nitrogens with one attached hydrogen (secondary N) is 1. The number of benzene rings is 1. The largest absolute Gasteiger partial charge is 0.393 e. The lowest BCUT2D eigenvalue weighted by molar-refractivity contribution is 0.130. The Kier molecular flexibility index (Phi) is 5.41. The predicted molar refractivity (Wildman–Crippen MR) is 80.2 cm³/mol. The summed E-state index contributed by atoms with van der Waals surface area (Å²) in [5.41, 5.74) is 2.76. The van der Waals surface area contributed by atoms with Gasteiger partial charge in [0.25, 0.3) is 0 Å². The minimum absolute atomic E-state index is 0.0911. The molecule has 2 N–H and O–H groups in total. The highest BCUT2D eigenvalue weighted by Gasteiger charge is 2.25. The van der Waals surface area contributed by atoms with E-state index in [1.54, 1.807) is 0 Å². The van der Waals surface area contributed by atoms with Crippen molar-refractivity contribution in [2.45, 2.75) is 58.1 Å². The number of aliphatic hydroxyl groups excluding tert-OH is 1. The first-order valence-electron chi connectivity index (χ1n) is 7.71. The molecule has 2 heteroatoms. The molecule has 3 atom stereocenters. The standard InChI is InChI=1S/C17H27NO/c1-3-5-14-8-10-15(11-9-14)13(2)18-12-16-6-4-7-17(16)19/h8-11,13,16-19H,3-7,12H2,1-2H3. The molecule has 1 saturated carbocycles. The lowest BCUT2D eigenvalue weighted by Crippen LogP contribution is -2.29. The minimum atomic E-state index is -0.0911. The van der Waals surface area contributed by atoms with Crippen LogP contribution in [0.15, 0.2) is 24.3 Å². The van der Waals surface area contributed by atoms with Gasteiger partial charge >= 0.3 is 0 Å². The second-order valence-electron chi connectivity index (χ2n) is 5.88. The number of hydrogen-bond acceptors (Lipinski definition) is 2. The maximum absolute atomic E-state index is 9.83. The van der Waals surface area contributed by atoms with Crippen molar-refractivity contribution in [3.05, 3.63) is 35.4 Å². The van der Waals surface area contributed by atoms with E-state index in [-0.39, 0.29) is 6.10 Å². The van der Waals surface area contributed by atoms with Gasteiger partial charge in [-0.25, -0.2) is 0 Å². The number of aryl methyl sites for hydroxylation is 1. The Morgan fingerprint density at radius 2 is 2.00 bits per heavy atom. The molecule has 3 unspecified atom stereocenters. The summed E-state index contributed by atoms with van der Waals surface area (Å²) in [4.78, 5) is 0. The molecule has 0 amide bonds. The summed E-state index contributed by atoms with van der Waals surface area (Å²) in [5.74, 6) is 0.446. The molecule has 0 radical (unpaired) electrons. The van der Waals surface area contributed by atoms with Gasteiger partial charge in [-0.2, -0.15) is 0 Å². The van der Waals surface area contributed by atoms with Gasteiger partial charge in [-0.15, -0.1) is 0 Å². The fourth-order valence-electron chi connectivity index (χ4n) is 2.96. The molecule has 1 fully saturated rings. The van der Waals surface area contributed by atoms with E-state index in [1.807, 2.05) is 0 Å². The van der Waals surface area contributed by atoms with Gasteiger partial charge < -0.3 is 10.4 Å². The Hall–Kier alpha value is -0.860. The highest BCUT2D eigenvalue weighted by molar-refractivity contribution is 5.24. The van der Waals surface area contributed by atoms with Gasteiger partial charge in [0.1, 0.15) is 0 Å². The molecule has 0 bridgehead atoms. The average Bonchev–Trinajstić information content (AvgIpc) is 2.83. The van der Waals surface area contributed by atoms with E-state index in [1.165, 1.54) is 24.0 Å². The number of rotatable bonds is 6. The van der Waals surface area contributed by atoms with Crippen LogP contribution in [0.5, 0.6) is 0 Å². The van der Waals surface area contributed by atoms with Crippen molar-refractivity contribution in [3.8, 4) is 0 Å². The van der Waals surface area contributed by atoms with Crippen LogP contribution in [-0.2, 0) is 6.42 Å². The molecule has 2 rings (SSSR count). The van der Waals surface area contributed by atoms with Crippen LogP contribution in [-0.4, -0.2) is 17.8 Å². The SMILES string of the molecule is CCCc1ccc(C(C)NCC2CCCC2O)cc1. The summed E-state index contributed by atoms with van der Waals surface area (Å²) < 4.78 is 0. The van der Waals surface area contributed by atoms with E-state index in [0.717, 1.165) is 25.8 Å². The highest BCUT2D eigenvalue weighted by Crippen LogP contribution is 2.25. The fraction of sp³-hybridized carbons (Fsp3) is 0.647. The smallest absolute Gasteiger partial charge is 0.0580 e. The van der Waals surface area contributed by atoms with Gasteiger partial charge in [0, 0.05) is 12.6 Å². The lowest BCUT2D eigenvalue weighted by atomic mass is 10.0. The molecular weight excluding hydrogens is 234 g/mol. The summed E-state index contributed by atoms with van der Waals surface area (Å²) in [6.45, 7) is 5.35. The molecule has 2 nitrogen and oxygen atoms in total. The lowest BCUT2D eigenvalue weighted by Gasteiger charge is -2.20. The van der Waals surface area contributed by atoms with E-state index in [9.17, 15) is 5.11 Å². The Balaban J connectivity index is 1.83. The zero-order chi connectivity index (χ0) is 13.7. The Bertz CT molecular complexity index is 373. The first kappa shape index (κ1) is 14.5. The number of aliphatic hydroxyl groups is 1. The van der Waals surface area contributed by atoms with Crippen LogP contribution in [0.1, 0.15) is 56.7 Å². The Labute approximate surface area is 117 Å². The van der Waals surface area contributed by atoms with Crippen LogP contribution < -0.4 is 5.32 Å². The van der Waals surface area contributed by atoms with Crippen molar-refractivity contribution < 1.29 is 5.11 Å². The van der Waals surface area contributed by atoms with E-state index in [0.29, 0.717) is 12.0 Å². The van der Waals surface area contributed by atoms with Gasteiger partial charge in [0.15, 0.2) is 0 Å². The monoisotopic (exact) mass is 261 g/mol. The fourth-order valence-corrected chi connectivity index (χ4v) is 2.96. The molecule has 0 saturated heterocycles. The van der Waals surface area contributed by atoms with Crippen LogP contribution >= 0.6 is 0 Å². The molecule has 19 heavy (non-hydrogen) atoms. The molecule has 1 aromatic carbocycles. The molecule has 106 valence electrons.